The quantitative estimate of drug-likeness (QED) is 0.910. The van der Waals surface area contributed by atoms with Crippen molar-refractivity contribution >= 4 is 33.0 Å². The lowest BCUT2D eigenvalue weighted by atomic mass is 9.85. The predicted molar refractivity (Wildman–Crippen MR) is 89.3 cm³/mol. The van der Waals surface area contributed by atoms with Gasteiger partial charge in [-0.2, -0.15) is 0 Å². The molecule has 0 saturated heterocycles. The molecule has 1 aliphatic rings. The average Bonchev–Trinajstić information content (AvgIpc) is 2.46. The minimum atomic E-state index is -3.58. The Hall–Kier alpha value is -1.85. The molecule has 1 fully saturated rings. The summed E-state index contributed by atoms with van der Waals surface area (Å²) in [5, 5.41) is 3.30. The molecule has 120 valence electrons. The Morgan fingerprint density at radius 1 is 0.957 bits per heavy atom. The summed E-state index contributed by atoms with van der Waals surface area (Å²) in [5.41, 5.74) is 0.608. The maximum atomic E-state index is 12.5. The second-order valence-corrected chi connectivity index (χ2v) is 7.98. The van der Waals surface area contributed by atoms with Crippen LogP contribution in [0.1, 0.15) is 19.3 Å². The van der Waals surface area contributed by atoms with Crippen LogP contribution in [-0.4, -0.2) is 14.3 Å². The van der Waals surface area contributed by atoms with Crippen LogP contribution in [0, 0.1) is 5.92 Å². The lowest BCUT2D eigenvalue weighted by Crippen LogP contribution is -2.27. The molecule has 0 aliphatic heterocycles. The van der Waals surface area contributed by atoms with E-state index in [9.17, 15) is 13.2 Å². The molecule has 0 spiro atoms. The Labute approximate surface area is 140 Å². The fourth-order valence-electron chi connectivity index (χ4n) is 2.38. The van der Waals surface area contributed by atoms with Crippen LogP contribution >= 0.6 is 11.6 Å². The van der Waals surface area contributed by atoms with E-state index >= 15 is 0 Å². The molecule has 0 unspecified atom stereocenters. The molecule has 1 saturated carbocycles. The normalized spacial score (nSPS) is 15.0. The number of carbonyl (C=O) groups excluding carboxylic acids is 1. The topological polar surface area (TPSA) is 63.2 Å². The number of nitrogens with one attached hydrogen (secondary N) is 1. The van der Waals surface area contributed by atoms with Crippen LogP contribution in [0.15, 0.2) is 58.3 Å². The third kappa shape index (κ3) is 3.41. The molecule has 1 aliphatic carbocycles. The van der Waals surface area contributed by atoms with Crippen LogP contribution in [0.5, 0.6) is 0 Å². The molecule has 0 bridgehead atoms. The molecule has 0 heterocycles. The van der Waals surface area contributed by atoms with E-state index in [1.165, 1.54) is 24.3 Å². The van der Waals surface area contributed by atoms with Crippen LogP contribution in [0.4, 0.5) is 5.69 Å². The molecule has 3 rings (SSSR count). The Balaban J connectivity index is 1.78. The second-order valence-electron chi connectivity index (χ2n) is 5.60. The van der Waals surface area contributed by atoms with Crippen LogP contribution in [-0.2, 0) is 14.6 Å². The van der Waals surface area contributed by atoms with Crippen LogP contribution in [0.2, 0.25) is 5.02 Å². The van der Waals surface area contributed by atoms with Gasteiger partial charge in [-0.3, -0.25) is 4.79 Å². The fraction of sp³-hybridized carbons (Fsp3) is 0.235. The highest BCUT2D eigenvalue weighted by atomic mass is 35.5. The average molecular weight is 350 g/mol. The molecule has 4 nitrogen and oxygen atoms in total. The van der Waals surface area contributed by atoms with Gasteiger partial charge >= 0.3 is 0 Å². The highest BCUT2D eigenvalue weighted by Gasteiger charge is 2.25. The van der Waals surface area contributed by atoms with Gasteiger partial charge in [0.2, 0.25) is 15.7 Å². The van der Waals surface area contributed by atoms with Crippen molar-refractivity contribution in [1.29, 1.82) is 0 Å². The predicted octanol–water partition coefficient (Wildman–Crippen LogP) is 3.91. The molecule has 0 atom stereocenters. The summed E-state index contributed by atoms with van der Waals surface area (Å²) in [4.78, 5) is 12.3. The number of hydrogen-bond acceptors (Lipinski definition) is 3. The van der Waals surface area contributed by atoms with Crippen molar-refractivity contribution in [2.24, 2.45) is 5.92 Å². The molecule has 1 amide bonds. The molecule has 23 heavy (non-hydrogen) atoms. The third-order valence-electron chi connectivity index (χ3n) is 4.03. The molecular weight excluding hydrogens is 334 g/mol. The summed E-state index contributed by atoms with van der Waals surface area (Å²) < 4.78 is 25.0. The molecular formula is C17H16ClNO3S. The minimum absolute atomic E-state index is 0.00422. The van der Waals surface area contributed by atoms with E-state index in [4.69, 9.17) is 11.6 Å². The van der Waals surface area contributed by atoms with Crippen LogP contribution < -0.4 is 5.32 Å². The first-order valence-electron chi connectivity index (χ1n) is 7.38. The number of hydrogen-bond donors (Lipinski definition) is 1. The van der Waals surface area contributed by atoms with Gasteiger partial charge in [0, 0.05) is 16.6 Å². The van der Waals surface area contributed by atoms with Crippen molar-refractivity contribution in [3.63, 3.8) is 0 Å². The summed E-state index contributed by atoms with van der Waals surface area (Å²) in [5.74, 6) is 0.0945. The lowest BCUT2D eigenvalue weighted by molar-refractivity contribution is -0.122. The van der Waals surface area contributed by atoms with E-state index in [-0.39, 0.29) is 21.6 Å². The lowest BCUT2D eigenvalue weighted by Gasteiger charge is -2.24. The summed E-state index contributed by atoms with van der Waals surface area (Å²) in [6.07, 6.45) is 2.94. The van der Waals surface area contributed by atoms with E-state index in [1.54, 1.807) is 24.3 Å². The zero-order valence-electron chi connectivity index (χ0n) is 12.3. The van der Waals surface area contributed by atoms with Crippen molar-refractivity contribution in [1.82, 2.24) is 0 Å². The number of sulfone groups is 1. The van der Waals surface area contributed by atoms with Crippen molar-refractivity contribution in [3.05, 3.63) is 53.6 Å². The van der Waals surface area contributed by atoms with Crippen molar-refractivity contribution in [3.8, 4) is 0 Å². The Morgan fingerprint density at radius 3 is 1.96 bits per heavy atom. The molecule has 0 aromatic heterocycles. The van der Waals surface area contributed by atoms with E-state index in [1.807, 2.05) is 0 Å². The number of rotatable bonds is 4. The fourth-order valence-corrected chi connectivity index (χ4v) is 3.77. The van der Waals surface area contributed by atoms with Crippen LogP contribution in [0.3, 0.4) is 0 Å². The monoisotopic (exact) mass is 349 g/mol. The van der Waals surface area contributed by atoms with Crippen molar-refractivity contribution in [2.75, 3.05) is 5.32 Å². The van der Waals surface area contributed by atoms with E-state index in [2.05, 4.69) is 5.32 Å². The summed E-state index contributed by atoms with van der Waals surface area (Å²) in [6, 6.07) is 12.3. The van der Waals surface area contributed by atoms with E-state index in [0.717, 1.165) is 19.3 Å². The highest BCUT2D eigenvalue weighted by Crippen LogP contribution is 2.28. The SMILES string of the molecule is O=C(Nc1ccc(S(=O)(=O)c2ccc(Cl)cc2)cc1)C1CCC1. The van der Waals surface area contributed by atoms with Crippen LogP contribution in [0.25, 0.3) is 0 Å². The summed E-state index contributed by atoms with van der Waals surface area (Å²) >= 11 is 5.78. The van der Waals surface area contributed by atoms with Gasteiger partial charge in [0.25, 0.3) is 0 Å². The first-order valence-corrected chi connectivity index (χ1v) is 9.24. The largest absolute Gasteiger partial charge is 0.326 e. The highest BCUT2D eigenvalue weighted by molar-refractivity contribution is 7.91. The molecule has 0 radical (unpaired) electrons. The Morgan fingerprint density at radius 2 is 1.48 bits per heavy atom. The van der Waals surface area contributed by atoms with Crippen molar-refractivity contribution < 1.29 is 13.2 Å². The third-order valence-corrected chi connectivity index (χ3v) is 6.07. The van der Waals surface area contributed by atoms with Gasteiger partial charge in [-0.15, -0.1) is 0 Å². The van der Waals surface area contributed by atoms with Gasteiger partial charge in [0.1, 0.15) is 0 Å². The number of carbonyl (C=O) groups is 1. The van der Waals surface area contributed by atoms with Gasteiger partial charge in [0.15, 0.2) is 0 Å². The zero-order chi connectivity index (χ0) is 16.4. The smallest absolute Gasteiger partial charge is 0.227 e. The Bertz CT molecular complexity index is 810. The summed E-state index contributed by atoms with van der Waals surface area (Å²) in [6.45, 7) is 0. The molecule has 2 aromatic rings. The van der Waals surface area contributed by atoms with Crippen molar-refractivity contribution in [2.45, 2.75) is 29.1 Å². The number of amides is 1. The van der Waals surface area contributed by atoms with Gasteiger partial charge in [0.05, 0.1) is 9.79 Å². The number of halogens is 1. The van der Waals surface area contributed by atoms with Gasteiger partial charge in [-0.05, 0) is 61.4 Å². The van der Waals surface area contributed by atoms with E-state index < -0.39 is 9.84 Å². The second kappa shape index (κ2) is 6.34. The zero-order valence-corrected chi connectivity index (χ0v) is 13.9. The Kier molecular flexibility index (Phi) is 4.41. The van der Waals surface area contributed by atoms with E-state index in [0.29, 0.717) is 10.7 Å². The summed E-state index contributed by atoms with van der Waals surface area (Å²) in [7, 11) is -3.58. The molecule has 6 heteroatoms. The first-order chi connectivity index (χ1) is 11.0. The standard InChI is InChI=1S/C17H16ClNO3S/c18-13-4-8-15(9-5-13)23(21,22)16-10-6-14(7-11-16)19-17(20)12-2-1-3-12/h4-12H,1-3H2,(H,19,20). The number of benzene rings is 2. The van der Waals surface area contributed by atoms with Gasteiger partial charge in [-0.1, -0.05) is 18.0 Å². The maximum Gasteiger partial charge on any atom is 0.227 e. The molecule has 1 N–H and O–H groups in total. The minimum Gasteiger partial charge on any atom is -0.326 e. The molecule has 2 aromatic carbocycles. The number of anilines is 1. The van der Waals surface area contributed by atoms with Gasteiger partial charge in [-0.25, -0.2) is 8.42 Å². The maximum absolute atomic E-state index is 12.5. The first kappa shape index (κ1) is 16.0. The van der Waals surface area contributed by atoms with Gasteiger partial charge < -0.3 is 5.32 Å².